The molecule has 1 aliphatic heterocycles. The van der Waals surface area contributed by atoms with Gasteiger partial charge in [-0.15, -0.1) is 0 Å². The Labute approximate surface area is 631 Å². The number of esters is 1. The monoisotopic (exact) mass is 1510 g/mol. The highest BCUT2D eigenvalue weighted by atomic mass is 16.5. The van der Waals surface area contributed by atoms with E-state index in [1.165, 1.54) is 38.1 Å². The van der Waals surface area contributed by atoms with E-state index in [0.717, 1.165) is 6.92 Å². The summed E-state index contributed by atoms with van der Waals surface area (Å²) in [6, 6.07) is 9.62. The number of ketones is 1. The third kappa shape index (κ3) is 31.5. The normalized spacial score (nSPS) is 22.4. The van der Waals surface area contributed by atoms with E-state index in [0.29, 0.717) is 11.1 Å². The van der Waals surface area contributed by atoms with Crippen LogP contribution in [0.15, 0.2) is 91.0 Å². The van der Waals surface area contributed by atoms with Gasteiger partial charge in [0.1, 0.15) is 55.5 Å². The Hall–Kier alpha value is -9.88. The molecule has 0 spiro atoms. The number of ether oxygens (including phenoxy) is 2. The smallest absolute Gasteiger partial charge is 0.407 e. The molecule has 108 heavy (non-hydrogen) atoms. The molecular weight excluding hydrogens is 1400 g/mol. The molecule has 31 nitrogen and oxygen atoms in total. The summed E-state index contributed by atoms with van der Waals surface area (Å²) < 4.78 is 11.0. The largest absolute Gasteiger partial charge is 0.461 e. The number of aliphatic hydroxyl groups excluding tert-OH is 3. The predicted molar refractivity (Wildman–Crippen MR) is 398 cm³/mol. The molecule has 3 aromatic rings. The number of hydrogen-bond donors (Lipinski definition) is 15. The van der Waals surface area contributed by atoms with Crippen molar-refractivity contribution in [2.24, 2.45) is 46.2 Å². The SMILES string of the molecule is CC[C@H](C)[C@@H]1NC(=O)[C@@H](CCCNC(=O)OCc2ccccc2)NC(=O)[C@H](CC(C)C)NC(=O)[C@H]([C@H](O)C(C)C)NC(=O)[C@@H](CC(=O)[C@@H](CC(C)(C)C)NC(=O)[C@H](CC(=O)OCc2ccccc2)CC(C)(C)C)[C@@H](c2ccccc2)NC(=O)[C@H](CO)NC(=O)[C@H](CC(N)=O)NC(=O)CNC(=O)[C@H]([C@H](C)O)NC1=O. The van der Waals surface area contributed by atoms with Gasteiger partial charge in [0, 0.05) is 18.9 Å². The molecule has 0 radical (unpaired) electrons. The predicted octanol–water partition coefficient (Wildman–Crippen LogP) is 2.11. The van der Waals surface area contributed by atoms with Crippen LogP contribution in [0.4, 0.5) is 4.79 Å². The van der Waals surface area contributed by atoms with Crippen LogP contribution >= 0.6 is 0 Å². The van der Waals surface area contributed by atoms with Crippen LogP contribution in [0.1, 0.15) is 171 Å². The molecular formula is C77H114N12O19. The van der Waals surface area contributed by atoms with E-state index in [2.05, 4.69) is 58.5 Å². The molecule has 14 atom stereocenters. The maximum atomic E-state index is 15.9. The summed E-state index contributed by atoms with van der Waals surface area (Å²) in [7, 11) is 0. The Bertz CT molecular complexity index is 3510. The summed E-state index contributed by atoms with van der Waals surface area (Å²) in [4.78, 5) is 201. The van der Waals surface area contributed by atoms with Gasteiger partial charge in [0.15, 0.2) is 5.78 Å². The first kappa shape index (κ1) is 90.5. The molecule has 1 fully saturated rings. The van der Waals surface area contributed by atoms with Gasteiger partial charge >= 0.3 is 12.1 Å². The Morgan fingerprint density at radius 3 is 1.62 bits per heavy atom. The second-order valence-electron chi connectivity index (χ2n) is 30.8. The van der Waals surface area contributed by atoms with E-state index >= 15 is 19.2 Å². The quantitative estimate of drug-likeness (QED) is 0.0366. The number of rotatable bonds is 28. The zero-order valence-electron chi connectivity index (χ0n) is 64.2. The van der Waals surface area contributed by atoms with E-state index in [-0.39, 0.29) is 63.8 Å². The summed E-state index contributed by atoms with van der Waals surface area (Å²) in [6.45, 7) is 19.3. The van der Waals surface area contributed by atoms with Crippen molar-refractivity contribution < 1.29 is 91.9 Å². The molecule has 0 saturated carbocycles. The highest BCUT2D eigenvalue weighted by Crippen LogP contribution is 2.32. The van der Waals surface area contributed by atoms with Gasteiger partial charge in [-0.25, -0.2) is 4.79 Å². The molecule has 0 aromatic heterocycles. The zero-order valence-corrected chi connectivity index (χ0v) is 64.2. The number of nitrogens with one attached hydrogen (secondary N) is 11. The molecule has 1 saturated heterocycles. The third-order valence-corrected chi connectivity index (χ3v) is 17.9. The third-order valence-electron chi connectivity index (χ3n) is 17.9. The number of benzene rings is 3. The second-order valence-corrected chi connectivity index (χ2v) is 30.8. The fraction of sp³-hybridized carbons (Fsp3) is 0.584. The molecule has 596 valence electrons. The van der Waals surface area contributed by atoms with E-state index in [9.17, 15) is 63.3 Å². The molecule has 12 amide bonds. The summed E-state index contributed by atoms with van der Waals surface area (Å²) in [5, 5.41) is 61.8. The first-order valence-electron chi connectivity index (χ1n) is 36.7. The molecule has 1 heterocycles. The lowest BCUT2D eigenvalue weighted by molar-refractivity contribution is -0.149. The van der Waals surface area contributed by atoms with Crippen LogP contribution in [-0.4, -0.2) is 178 Å². The van der Waals surface area contributed by atoms with Gasteiger partial charge in [-0.1, -0.05) is 181 Å². The summed E-state index contributed by atoms with van der Waals surface area (Å²) >= 11 is 0. The van der Waals surface area contributed by atoms with E-state index < -0.39 is 222 Å². The van der Waals surface area contributed by atoms with Gasteiger partial charge in [-0.3, -0.25) is 62.3 Å². The Morgan fingerprint density at radius 1 is 0.574 bits per heavy atom. The van der Waals surface area contributed by atoms with Crippen LogP contribution < -0.4 is 64.2 Å². The highest BCUT2D eigenvalue weighted by Gasteiger charge is 2.43. The molecule has 1 aliphatic rings. The van der Waals surface area contributed by atoms with Crippen LogP contribution in [0.2, 0.25) is 0 Å². The lowest BCUT2D eigenvalue weighted by Crippen LogP contribution is -2.62. The van der Waals surface area contributed by atoms with Crippen molar-refractivity contribution in [1.29, 1.82) is 0 Å². The van der Waals surface area contributed by atoms with Crippen molar-refractivity contribution >= 4 is 82.8 Å². The maximum absolute atomic E-state index is 15.9. The Balaban J connectivity index is 1.97. The summed E-state index contributed by atoms with van der Waals surface area (Å²) in [5.41, 5.74) is 5.70. The number of alkyl carbamates (subject to hydrolysis) is 1. The second kappa shape index (κ2) is 43.8. The molecule has 4 rings (SSSR count). The first-order chi connectivity index (χ1) is 50.7. The summed E-state index contributed by atoms with van der Waals surface area (Å²) in [5.74, 6) is -18.5. The van der Waals surface area contributed by atoms with Crippen molar-refractivity contribution in [3.8, 4) is 0 Å². The van der Waals surface area contributed by atoms with Gasteiger partial charge in [0.2, 0.25) is 65.0 Å². The van der Waals surface area contributed by atoms with Crippen molar-refractivity contribution in [2.45, 2.75) is 228 Å². The topological polar surface area (TPSA) is 476 Å². The van der Waals surface area contributed by atoms with E-state index in [1.807, 2.05) is 20.8 Å². The fourth-order valence-electron chi connectivity index (χ4n) is 11.9. The lowest BCUT2D eigenvalue weighted by atomic mass is 9.80. The van der Waals surface area contributed by atoms with Crippen LogP contribution in [0.25, 0.3) is 0 Å². The van der Waals surface area contributed by atoms with E-state index in [4.69, 9.17) is 15.2 Å². The van der Waals surface area contributed by atoms with Crippen LogP contribution in [0.5, 0.6) is 0 Å². The number of primary amides is 1. The van der Waals surface area contributed by atoms with Crippen molar-refractivity contribution in [3.05, 3.63) is 108 Å². The minimum Gasteiger partial charge on any atom is -0.461 e. The van der Waals surface area contributed by atoms with Crippen LogP contribution in [-0.2, 0) is 85.0 Å². The Kier molecular flexibility index (Phi) is 36.7. The van der Waals surface area contributed by atoms with Gasteiger partial charge in [-0.2, -0.15) is 0 Å². The molecule has 16 N–H and O–H groups in total. The van der Waals surface area contributed by atoms with Crippen molar-refractivity contribution in [2.75, 3.05) is 19.7 Å². The van der Waals surface area contributed by atoms with Crippen LogP contribution in [0.3, 0.4) is 0 Å². The molecule has 0 bridgehead atoms. The van der Waals surface area contributed by atoms with Gasteiger partial charge < -0.3 is 89.0 Å². The average Bonchev–Trinajstić information content (AvgIpc) is 0.825. The Morgan fingerprint density at radius 2 is 1.08 bits per heavy atom. The molecule has 31 heteroatoms. The highest BCUT2D eigenvalue weighted by molar-refractivity contribution is 6.00. The first-order valence-corrected chi connectivity index (χ1v) is 36.7. The molecule has 0 unspecified atom stereocenters. The van der Waals surface area contributed by atoms with Gasteiger partial charge in [-0.05, 0) is 84.3 Å². The minimum absolute atomic E-state index is 0.0253. The molecule has 0 aliphatic carbocycles. The van der Waals surface area contributed by atoms with E-state index in [1.54, 1.807) is 115 Å². The van der Waals surface area contributed by atoms with Gasteiger partial charge in [0.25, 0.3) is 0 Å². The van der Waals surface area contributed by atoms with Crippen LogP contribution in [0, 0.1) is 40.4 Å². The standard InChI is InChI=1S/C77H114N12O19/c1-14-45(6)61-73(104)87-62(46(7)91)72(103)80-39-59(94)81-54(36-58(78)93)70(101)85-56(40-90)71(102)88-63(49-29-22-17-23-30-49)51(35-57(92)55(38-77(11,12)13)84-66(97)50(37-76(8,9)10)34-60(95)107-41-47-25-18-15-19-26-47)67(98)89-64(65(96)44(4)5)74(105)83-53(33-43(2)3)69(100)82-52(68(99)86-61)31-24-32-79-75(106)108-42-48-27-20-16-21-28-48/h15-23,25-30,43-46,50-56,61-65,90-91,96H,14,24,31-42H2,1-13H3,(H2,78,93)(H,79,106)(H,80,103)(H,81,94)(H,82,100)(H,83,105)(H,84,97)(H,85,101)(H,86,99)(H,87,104)(H,88,102)(H,89,98)/t45-,46-,50+,51-,52+,53-,54-,55+,56-,61-,62-,63+,64-,65+/m0/s1. The zero-order chi connectivity index (χ0) is 80.8. The number of carbonyl (C=O) groups excluding carboxylic acids is 14. The number of amides is 12. The molecule has 3 aromatic carbocycles. The average molecular weight is 1510 g/mol. The van der Waals surface area contributed by atoms with Gasteiger partial charge in [0.05, 0.1) is 56.2 Å². The van der Waals surface area contributed by atoms with Crippen molar-refractivity contribution in [3.63, 3.8) is 0 Å². The lowest BCUT2D eigenvalue weighted by Gasteiger charge is -2.34. The fourth-order valence-corrected chi connectivity index (χ4v) is 11.9. The number of aliphatic hydroxyl groups is 3. The number of nitrogens with two attached hydrogens (primary N) is 1. The number of hydrogen-bond acceptors (Lipinski definition) is 19. The summed E-state index contributed by atoms with van der Waals surface area (Å²) in [6.07, 6.45) is -6.68. The minimum atomic E-state index is -2.02. The van der Waals surface area contributed by atoms with Crippen molar-refractivity contribution in [1.82, 2.24) is 58.5 Å². The maximum Gasteiger partial charge on any atom is 0.407 e. The number of Topliss-reactive ketones (excluding diaryl/α,β-unsaturated/α-hetero) is 1. The number of carbonyl (C=O) groups is 14.